The van der Waals surface area contributed by atoms with Crippen molar-refractivity contribution in [2.45, 2.75) is 177 Å². The number of anilines is 4. The number of fused-ring (bicyclic) bond motifs is 9. The van der Waals surface area contributed by atoms with E-state index in [-0.39, 0.29) is 12.1 Å². The number of hydrogen-bond acceptors (Lipinski definition) is 2. The molecule has 0 bridgehead atoms. The highest BCUT2D eigenvalue weighted by atomic mass is 15.2. The van der Waals surface area contributed by atoms with Gasteiger partial charge in [0.15, 0.2) is 0 Å². The van der Waals surface area contributed by atoms with E-state index in [1.165, 1.54) is 185 Å². The molecular weight excluding hydrogens is 933 g/mol. The van der Waals surface area contributed by atoms with Gasteiger partial charge < -0.3 is 14.8 Å². The number of aromatic nitrogens is 2. The molecule has 4 heterocycles. The van der Waals surface area contributed by atoms with Crippen LogP contribution in [0.2, 0.25) is 0 Å². The van der Waals surface area contributed by atoms with Gasteiger partial charge in [0, 0.05) is 56.5 Å². The van der Waals surface area contributed by atoms with Crippen molar-refractivity contribution in [1.29, 1.82) is 0 Å². The fourth-order valence-electron chi connectivity index (χ4n) is 14.2. The summed E-state index contributed by atoms with van der Waals surface area (Å²) in [4.78, 5) is 9.02. The third-order valence-electron chi connectivity index (χ3n) is 18.8. The maximum Gasteiger partial charge on any atom is 0.123 e. The zero-order valence-corrected chi connectivity index (χ0v) is 48.1. The molecule has 5 aromatic carbocycles. The number of aromatic amines is 1. The predicted octanol–water partition coefficient (Wildman–Crippen LogP) is 21.0. The molecule has 6 unspecified atom stereocenters. The molecule has 77 heavy (non-hydrogen) atoms. The number of nitrogens with one attached hydrogen (secondary N) is 1. The van der Waals surface area contributed by atoms with E-state index in [0.717, 1.165) is 42.7 Å². The normalized spacial score (nSPS) is 18.9. The molecule has 11 rings (SSSR count). The Kier molecular flexibility index (Phi) is 16.0. The Morgan fingerprint density at radius 2 is 1.19 bits per heavy atom. The number of benzene rings is 5. The molecule has 6 atom stereocenters. The Morgan fingerprint density at radius 3 is 1.91 bits per heavy atom. The Bertz CT molecular complexity index is 3330. The highest BCUT2D eigenvalue weighted by Crippen LogP contribution is 2.55. The van der Waals surface area contributed by atoms with E-state index in [9.17, 15) is 0 Å². The molecular formula is C73H88N4. The standard InChI is InChI=1S/C73H88N4/c1-9-16-20-50(12-4)41-53-27-32-59(33-28-53)77-70-37-31-58(47-65(70)63-39-40-74-73(63)77)57-23-19-24-60(46-57)76-69-38-34-61(48-66(69)62-35-30-56(15-7)72(62)76)75-68-36-29-55(43-52(14-6)22-18-11-3)44-64(68)67-45-54(26-25-49(8)71(67)75)42-51(13-5)21-17-10-2/h19,23-24,26-40,44-52,71-72,74H,9-18,20-22,25,41-43H2,1-8H3. The van der Waals surface area contributed by atoms with Crippen LogP contribution in [0.3, 0.4) is 0 Å². The van der Waals surface area contributed by atoms with Crippen molar-refractivity contribution in [3.63, 3.8) is 0 Å². The van der Waals surface area contributed by atoms with Crippen molar-refractivity contribution in [3.8, 4) is 16.8 Å². The van der Waals surface area contributed by atoms with Gasteiger partial charge in [-0.25, -0.2) is 0 Å². The Balaban J connectivity index is 0.934. The molecule has 4 aliphatic rings. The van der Waals surface area contributed by atoms with Crippen molar-refractivity contribution in [2.75, 3.05) is 9.80 Å². The summed E-state index contributed by atoms with van der Waals surface area (Å²) >= 11 is 0. The fourth-order valence-corrected chi connectivity index (χ4v) is 14.2. The minimum atomic E-state index is 0.179. The van der Waals surface area contributed by atoms with Gasteiger partial charge in [-0.15, -0.1) is 0 Å². The largest absolute Gasteiger partial charge is 0.347 e. The predicted molar refractivity (Wildman–Crippen MR) is 333 cm³/mol. The van der Waals surface area contributed by atoms with E-state index in [2.05, 4.69) is 214 Å². The van der Waals surface area contributed by atoms with E-state index in [1.807, 2.05) is 0 Å². The lowest BCUT2D eigenvalue weighted by molar-refractivity contribution is 0.449. The lowest BCUT2D eigenvalue weighted by Crippen LogP contribution is -2.32. The highest BCUT2D eigenvalue weighted by Gasteiger charge is 2.42. The second-order valence-electron chi connectivity index (χ2n) is 23.8. The monoisotopic (exact) mass is 1020 g/mol. The van der Waals surface area contributed by atoms with E-state index < -0.39 is 0 Å². The Morgan fingerprint density at radius 1 is 0.558 bits per heavy atom. The van der Waals surface area contributed by atoms with Gasteiger partial charge >= 0.3 is 0 Å². The first-order chi connectivity index (χ1) is 37.8. The van der Waals surface area contributed by atoms with Crippen molar-refractivity contribution >= 4 is 55.8 Å². The number of hydrogen-bond donors (Lipinski definition) is 1. The second-order valence-corrected chi connectivity index (χ2v) is 23.8. The van der Waals surface area contributed by atoms with Crippen LogP contribution in [0.5, 0.6) is 0 Å². The lowest BCUT2D eigenvalue weighted by atomic mass is 9.88. The van der Waals surface area contributed by atoms with Crippen molar-refractivity contribution in [3.05, 3.63) is 173 Å². The van der Waals surface area contributed by atoms with Gasteiger partial charge in [-0.2, -0.15) is 0 Å². The Labute approximate surface area is 463 Å². The topological polar surface area (TPSA) is 27.2 Å². The molecule has 0 amide bonds. The molecule has 4 nitrogen and oxygen atoms in total. The van der Waals surface area contributed by atoms with Gasteiger partial charge in [0.25, 0.3) is 0 Å². The molecule has 2 aromatic heterocycles. The molecule has 4 heteroatoms. The minimum Gasteiger partial charge on any atom is -0.347 e. The third kappa shape index (κ3) is 10.2. The van der Waals surface area contributed by atoms with Crippen molar-refractivity contribution < 1.29 is 0 Å². The number of unbranched alkanes of at least 4 members (excludes halogenated alkanes) is 3. The smallest absolute Gasteiger partial charge is 0.123 e. The average Bonchev–Trinajstić information content (AvgIpc) is 4.48. The van der Waals surface area contributed by atoms with Crippen LogP contribution in [-0.2, 0) is 12.8 Å². The summed E-state index contributed by atoms with van der Waals surface area (Å²) in [6.45, 7) is 19.0. The van der Waals surface area contributed by atoms with Crippen LogP contribution >= 0.6 is 0 Å². The van der Waals surface area contributed by atoms with Gasteiger partial charge in [-0.3, -0.25) is 4.57 Å². The Hall–Kier alpha value is -6.26. The third-order valence-corrected chi connectivity index (χ3v) is 18.8. The number of allylic oxidation sites excluding steroid dienone is 5. The van der Waals surface area contributed by atoms with Gasteiger partial charge in [-0.1, -0.05) is 199 Å². The summed E-state index contributed by atoms with van der Waals surface area (Å²) in [5.41, 5.74) is 23.1. The van der Waals surface area contributed by atoms with Crippen molar-refractivity contribution in [1.82, 2.24) is 9.55 Å². The molecule has 400 valence electrons. The van der Waals surface area contributed by atoms with E-state index in [1.54, 1.807) is 5.57 Å². The molecule has 0 spiro atoms. The summed E-state index contributed by atoms with van der Waals surface area (Å²) in [6.07, 6.45) is 33.3. The zero-order chi connectivity index (χ0) is 53.2. The summed E-state index contributed by atoms with van der Waals surface area (Å²) in [5, 5.41) is 2.53. The molecule has 0 saturated carbocycles. The average molecular weight is 1020 g/mol. The van der Waals surface area contributed by atoms with E-state index >= 15 is 0 Å². The first-order valence-electron chi connectivity index (χ1n) is 30.8. The number of H-pyrrole nitrogens is 1. The maximum absolute atomic E-state index is 3.61. The molecule has 2 aliphatic carbocycles. The van der Waals surface area contributed by atoms with Crippen LogP contribution in [-0.4, -0.2) is 21.6 Å². The van der Waals surface area contributed by atoms with Crippen molar-refractivity contribution in [2.24, 2.45) is 23.7 Å². The van der Waals surface area contributed by atoms with Crippen LogP contribution in [0.25, 0.3) is 49.9 Å². The summed E-state index contributed by atoms with van der Waals surface area (Å²) in [5.74, 6) is 2.70. The summed E-state index contributed by atoms with van der Waals surface area (Å²) in [7, 11) is 0. The fraction of sp³-hybridized carbons (Fsp3) is 0.425. The highest BCUT2D eigenvalue weighted by molar-refractivity contribution is 6.10. The van der Waals surface area contributed by atoms with Gasteiger partial charge in [0.1, 0.15) is 5.65 Å². The van der Waals surface area contributed by atoms with E-state index in [0.29, 0.717) is 5.92 Å². The first-order valence-corrected chi connectivity index (χ1v) is 30.8. The van der Waals surface area contributed by atoms with Gasteiger partial charge in [0.2, 0.25) is 0 Å². The van der Waals surface area contributed by atoms with Crippen LogP contribution in [0, 0.1) is 23.7 Å². The second kappa shape index (κ2) is 23.4. The van der Waals surface area contributed by atoms with Crippen LogP contribution < -0.4 is 9.80 Å². The number of nitrogens with zero attached hydrogens (tertiary/aromatic N) is 3. The molecule has 7 aromatic rings. The summed E-state index contributed by atoms with van der Waals surface area (Å²) < 4.78 is 2.42. The molecule has 0 radical (unpaired) electrons. The lowest BCUT2D eigenvalue weighted by Gasteiger charge is -2.32. The molecule has 0 fully saturated rings. The quantitative estimate of drug-likeness (QED) is 0.0691. The SMILES string of the molecule is CCCCC(CC)CC1=CCC(C)C2C(=C1)c1cc(CC(CC)CCCC)ccc1N2c1ccc2c(c1)C1=CC=C(CC)C1N2c1cccc(-c2ccc3c(c2)c2cc[nH]c2n3-c2ccc(CC(CC)CCCC)cc2)c1. The maximum atomic E-state index is 3.61. The molecule has 0 saturated heterocycles. The minimum absolute atomic E-state index is 0.179. The van der Waals surface area contributed by atoms with E-state index in [4.69, 9.17) is 0 Å². The van der Waals surface area contributed by atoms with Gasteiger partial charge in [0.05, 0.1) is 17.6 Å². The molecule has 1 N–H and O–H groups in total. The summed E-state index contributed by atoms with van der Waals surface area (Å²) in [6, 6.07) is 43.6. The molecule has 2 aliphatic heterocycles. The van der Waals surface area contributed by atoms with Crippen LogP contribution in [0.4, 0.5) is 22.7 Å². The van der Waals surface area contributed by atoms with Gasteiger partial charge in [-0.05, 0) is 168 Å². The number of rotatable bonds is 23. The zero-order valence-electron chi connectivity index (χ0n) is 48.1. The first kappa shape index (κ1) is 52.8. The van der Waals surface area contributed by atoms with Crippen LogP contribution in [0.15, 0.2) is 151 Å². The van der Waals surface area contributed by atoms with Crippen LogP contribution in [0.1, 0.15) is 174 Å².